The van der Waals surface area contributed by atoms with E-state index in [-0.39, 0.29) is 11.8 Å². The Balaban J connectivity index is 0.000000263. The van der Waals surface area contributed by atoms with E-state index in [2.05, 4.69) is 77.0 Å². The molecule has 2 N–H and O–H groups in total. The lowest BCUT2D eigenvalue weighted by Gasteiger charge is -2.10. The van der Waals surface area contributed by atoms with Gasteiger partial charge in [0.05, 0.1) is 25.4 Å². The second-order valence-electron chi connectivity index (χ2n) is 9.30. The number of ether oxygens (including phenoxy) is 2. The summed E-state index contributed by atoms with van der Waals surface area (Å²) in [6.07, 6.45) is 6.15. The second-order valence-corrected chi connectivity index (χ2v) is 9.30. The monoisotopic (exact) mass is 558 g/mol. The van der Waals surface area contributed by atoms with Crippen LogP contribution in [0.3, 0.4) is 0 Å². The summed E-state index contributed by atoms with van der Waals surface area (Å²) >= 11 is 0. The summed E-state index contributed by atoms with van der Waals surface area (Å²) in [5.41, 5.74) is 5.29. The van der Waals surface area contributed by atoms with Gasteiger partial charge < -0.3 is 19.7 Å². The van der Waals surface area contributed by atoms with Gasteiger partial charge in [-0.15, -0.1) is 0 Å². The minimum absolute atomic E-state index is 0.0900. The number of carbonyl (C=O) groups excluding carboxylic acids is 1. The largest absolute Gasteiger partial charge is 0.493 e. The van der Waals surface area contributed by atoms with Crippen LogP contribution in [0.15, 0.2) is 66.7 Å². The molecule has 1 aliphatic carbocycles. The van der Waals surface area contributed by atoms with Gasteiger partial charge in [0.2, 0.25) is 5.91 Å². The molecule has 5 rings (SSSR count). The van der Waals surface area contributed by atoms with Gasteiger partial charge in [-0.1, -0.05) is 76.2 Å². The Hall–Kier alpha value is -4.10. The first kappa shape index (κ1) is 33.1. The van der Waals surface area contributed by atoms with E-state index >= 15 is 0 Å². The lowest BCUT2D eigenvalue weighted by Crippen LogP contribution is -2.13. The van der Waals surface area contributed by atoms with Crippen LogP contribution in [-0.4, -0.2) is 49.3 Å². The molecule has 41 heavy (non-hydrogen) atoms. The van der Waals surface area contributed by atoms with Crippen molar-refractivity contribution >= 4 is 34.6 Å². The van der Waals surface area contributed by atoms with Gasteiger partial charge >= 0.3 is 0 Å². The van der Waals surface area contributed by atoms with Gasteiger partial charge in [0, 0.05) is 29.6 Å². The predicted octanol–water partition coefficient (Wildman–Crippen LogP) is 7.90. The first-order valence-corrected chi connectivity index (χ1v) is 14.3. The molecular weight excluding hydrogens is 512 g/mol. The van der Waals surface area contributed by atoms with Crippen LogP contribution < -0.4 is 14.8 Å². The quantitative estimate of drug-likeness (QED) is 0.230. The molecule has 1 amide bonds. The first-order valence-electron chi connectivity index (χ1n) is 14.3. The van der Waals surface area contributed by atoms with E-state index < -0.39 is 0 Å². The highest BCUT2D eigenvalue weighted by Crippen LogP contribution is 2.33. The molecule has 1 heterocycles. The van der Waals surface area contributed by atoms with Gasteiger partial charge in [-0.05, 0) is 62.3 Å². The van der Waals surface area contributed by atoms with E-state index in [0.717, 1.165) is 41.7 Å². The van der Waals surface area contributed by atoms with Crippen molar-refractivity contribution in [3.8, 4) is 11.5 Å². The molecule has 1 saturated carbocycles. The number of hydrogen-bond donors (Lipinski definition) is 2. The Labute approximate surface area is 245 Å². The van der Waals surface area contributed by atoms with Crippen LogP contribution in [0.5, 0.6) is 11.5 Å². The molecular formula is C34H46N4O3. The third-order valence-corrected chi connectivity index (χ3v) is 6.01. The number of fused-ring (bicyclic) bond motifs is 1. The van der Waals surface area contributed by atoms with E-state index in [1.807, 2.05) is 52.0 Å². The third kappa shape index (κ3) is 10.4. The Kier molecular flexibility index (Phi) is 14.2. The normalized spacial score (nSPS) is 11.9. The summed E-state index contributed by atoms with van der Waals surface area (Å²) in [5.74, 6) is 1.57. The molecule has 1 aromatic heterocycles. The second kappa shape index (κ2) is 17.6. The van der Waals surface area contributed by atoms with Crippen LogP contribution in [0.2, 0.25) is 0 Å². The van der Waals surface area contributed by atoms with Crippen LogP contribution in [-0.2, 0) is 11.3 Å². The Bertz CT molecular complexity index is 1360. The number of anilines is 1. The molecule has 0 unspecified atom stereocenters. The summed E-state index contributed by atoms with van der Waals surface area (Å²) in [4.78, 5) is 13.7. The minimum atomic E-state index is 0.0900. The number of nitrogens with zero attached hydrogens (tertiary/aromatic N) is 2. The summed E-state index contributed by atoms with van der Waals surface area (Å²) in [6, 6.07) is 22.1. The fourth-order valence-electron chi connectivity index (χ4n) is 3.89. The number of carbonyl (C=O) groups is 1. The van der Waals surface area contributed by atoms with Gasteiger partial charge in [0.15, 0.2) is 11.5 Å². The SMILES string of the molecule is CC.CC.CN(C)Cc1ccc(/C=C/c2n[nH]c3ccccc23)cc1.COc1ccc(NC(=O)C2CC2)cc1OC. The van der Waals surface area contributed by atoms with Gasteiger partial charge in [-0.3, -0.25) is 9.89 Å². The number of aromatic amines is 1. The van der Waals surface area contributed by atoms with E-state index in [1.54, 1.807) is 26.4 Å². The fourth-order valence-corrected chi connectivity index (χ4v) is 3.89. The topological polar surface area (TPSA) is 79.5 Å². The van der Waals surface area contributed by atoms with Gasteiger partial charge in [0.1, 0.15) is 0 Å². The molecule has 3 aromatic carbocycles. The van der Waals surface area contributed by atoms with Gasteiger partial charge in [0.25, 0.3) is 0 Å². The maximum Gasteiger partial charge on any atom is 0.227 e. The Morgan fingerprint density at radius 3 is 2.20 bits per heavy atom. The molecule has 0 saturated heterocycles. The van der Waals surface area contributed by atoms with Crippen molar-refractivity contribution in [2.75, 3.05) is 33.6 Å². The van der Waals surface area contributed by atoms with Crippen LogP contribution in [0, 0.1) is 5.92 Å². The van der Waals surface area contributed by atoms with Crippen molar-refractivity contribution in [1.82, 2.24) is 15.1 Å². The summed E-state index contributed by atoms with van der Waals surface area (Å²) < 4.78 is 10.3. The van der Waals surface area contributed by atoms with Crippen molar-refractivity contribution in [1.29, 1.82) is 0 Å². The zero-order chi connectivity index (χ0) is 30.2. The van der Waals surface area contributed by atoms with E-state index in [9.17, 15) is 4.79 Å². The number of H-pyrrole nitrogens is 1. The van der Waals surface area contributed by atoms with E-state index in [4.69, 9.17) is 9.47 Å². The molecule has 0 atom stereocenters. The zero-order valence-corrected chi connectivity index (χ0v) is 25.8. The summed E-state index contributed by atoms with van der Waals surface area (Å²) in [7, 11) is 7.32. The maximum absolute atomic E-state index is 11.5. The first-order chi connectivity index (χ1) is 20.0. The van der Waals surface area contributed by atoms with Crippen molar-refractivity contribution in [2.24, 2.45) is 5.92 Å². The molecule has 0 aliphatic heterocycles. The third-order valence-electron chi connectivity index (χ3n) is 6.01. The summed E-state index contributed by atoms with van der Waals surface area (Å²) in [5, 5.41) is 11.4. The smallest absolute Gasteiger partial charge is 0.227 e. The summed E-state index contributed by atoms with van der Waals surface area (Å²) in [6.45, 7) is 8.97. The molecule has 0 bridgehead atoms. The number of benzene rings is 3. The van der Waals surface area contributed by atoms with Crippen molar-refractivity contribution in [2.45, 2.75) is 47.1 Å². The lowest BCUT2D eigenvalue weighted by atomic mass is 10.1. The molecule has 220 valence electrons. The van der Waals surface area contributed by atoms with Crippen LogP contribution in [0.25, 0.3) is 23.1 Å². The Morgan fingerprint density at radius 2 is 1.59 bits per heavy atom. The fraction of sp³-hybridized carbons (Fsp3) is 0.353. The maximum atomic E-state index is 11.5. The molecule has 7 nitrogen and oxygen atoms in total. The van der Waals surface area contributed by atoms with E-state index in [1.165, 1.54) is 11.1 Å². The highest BCUT2D eigenvalue weighted by Gasteiger charge is 2.29. The number of aromatic nitrogens is 2. The van der Waals surface area contributed by atoms with Crippen molar-refractivity contribution in [3.63, 3.8) is 0 Å². The standard InChI is InChI=1S/C18H19N3.C12H15NO3.2C2H6/c1-21(2)13-15-9-7-14(8-10-15)11-12-18-16-5-3-4-6-17(16)19-20-18;1-15-10-6-5-9(7-11(10)16-2)13-12(14)8-3-4-8;2*1-2/h3-12H,13H2,1-2H3,(H,19,20);5-8H,3-4H2,1-2H3,(H,13,14);2*1-2H3/b12-11+;;;. The van der Waals surface area contributed by atoms with Crippen LogP contribution in [0.1, 0.15) is 57.4 Å². The molecule has 0 radical (unpaired) electrons. The molecule has 4 aromatic rings. The molecule has 0 spiro atoms. The Morgan fingerprint density at radius 1 is 0.927 bits per heavy atom. The van der Waals surface area contributed by atoms with Gasteiger partial charge in [-0.2, -0.15) is 5.10 Å². The zero-order valence-electron chi connectivity index (χ0n) is 25.8. The van der Waals surface area contributed by atoms with Crippen molar-refractivity contribution < 1.29 is 14.3 Å². The van der Waals surface area contributed by atoms with E-state index in [0.29, 0.717) is 11.5 Å². The van der Waals surface area contributed by atoms with Crippen LogP contribution >= 0.6 is 0 Å². The molecule has 7 heteroatoms. The average Bonchev–Trinajstić information content (AvgIpc) is 3.79. The highest BCUT2D eigenvalue weighted by molar-refractivity contribution is 5.94. The number of rotatable bonds is 8. The number of para-hydroxylation sites is 1. The predicted molar refractivity (Wildman–Crippen MR) is 172 cm³/mol. The lowest BCUT2D eigenvalue weighted by molar-refractivity contribution is -0.117. The van der Waals surface area contributed by atoms with Crippen molar-refractivity contribution in [3.05, 3.63) is 83.6 Å². The number of nitrogens with one attached hydrogen (secondary N) is 2. The molecule has 1 fully saturated rings. The van der Waals surface area contributed by atoms with Gasteiger partial charge in [-0.25, -0.2) is 0 Å². The number of amides is 1. The van der Waals surface area contributed by atoms with Crippen LogP contribution in [0.4, 0.5) is 5.69 Å². The number of methoxy groups -OCH3 is 2. The minimum Gasteiger partial charge on any atom is -0.493 e. The highest BCUT2D eigenvalue weighted by atomic mass is 16.5. The number of hydrogen-bond acceptors (Lipinski definition) is 5. The molecule has 1 aliphatic rings. The average molecular weight is 559 g/mol.